The standard InChI is InChI=1S/C7H9ClN2.ClH/c1-9-5-7-3-2-6(8)4-10-7;/h2-4,9H,5H2,1H3;1H. The fourth-order valence-corrected chi connectivity index (χ4v) is 0.804. The average molecular weight is 193 g/mol. The van der Waals surface area contributed by atoms with Crippen molar-refractivity contribution in [2.45, 2.75) is 6.54 Å². The van der Waals surface area contributed by atoms with E-state index in [1.54, 1.807) is 6.20 Å². The van der Waals surface area contributed by atoms with E-state index in [4.69, 9.17) is 11.6 Å². The van der Waals surface area contributed by atoms with Gasteiger partial charge in [-0.25, -0.2) is 0 Å². The summed E-state index contributed by atoms with van der Waals surface area (Å²) in [6, 6.07) is 3.74. The van der Waals surface area contributed by atoms with Gasteiger partial charge in [0.05, 0.1) is 10.7 Å². The number of hydrogen-bond donors (Lipinski definition) is 1. The number of hydrogen-bond acceptors (Lipinski definition) is 2. The molecule has 0 bridgehead atoms. The van der Waals surface area contributed by atoms with Gasteiger partial charge in [0.15, 0.2) is 0 Å². The molecule has 0 fully saturated rings. The van der Waals surface area contributed by atoms with E-state index in [0.29, 0.717) is 5.02 Å². The van der Waals surface area contributed by atoms with Gasteiger partial charge in [0.1, 0.15) is 0 Å². The maximum atomic E-state index is 5.63. The third kappa shape index (κ3) is 3.56. The number of nitrogens with zero attached hydrogens (tertiary/aromatic N) is 1. The Hall–Kier alpha value is -0.310. The maximum absolute atomic E-state index is 5.63. The second-order valence-corrected chi connectivity index (χ2v) is 2.43. The van der Waals surface area contributed by atoms with E-state index in [1.165, 1.54) is 0 Å². The van der Waals surface area contributed by atoms with Crippen molar-refractivity contribution in [3.8, 4) is 0 Å². The number of rotatable bonds is 2. The van der Waals surface area contributed by atoms with Crippen LogP contribution >= 0.6 is 24.0 Å². The predicted octanol–water partition coefficient (Wildman–Crippen LogP) is 1.88. The van der Waals surface area contributed by atoms with Crippen molar-refractivity contribution in [3.05, 3.63) is 29.0 Å². The highest BCUT2D eigenvalue weighted by atomic mass is 35.5. The van der Waals surface area contributed by atoms with Crippen molar-refractivity contribution in [2.24, 2.45) is 0 Å². The van der Waals surface area contributed by atoms with Crippen molar-refractivity contribution in [1.82, 2.24) is 10.3 Å². The fourth-order valence-electron chi connectivity index (χ4n) is 0.692. The monoisotopic (exact) mass is 192 g/mol. The lowest BCUT2D eigenvalue weighted by Gasteiger charge is -1.96. The van der Waals surface area contributed by atoms with Gasteiger partial charge in [-0.05, 0) is 19.2 Å². The van der Waals surface area contributed by atoms with Crippen LogP contribution in [-0.2, 0) is 6.54 Å². The van der Waals surface area contributed by atoms with Gasteiger partial charge in [-0.1, -0.05) is 11.6 Å². The quantitative estimate of drug-likeness (QED) is 0.775. The molecule has 0 saturated carbocycles. The molecule has 0 saturated heterocycles. The highest BCUT2D eigenvalue weighted by molar-refractivity contribution is 6.30. The van der Waals surface area contributed by atoms with Crippen LogP contribution in [0.5, 0.6) is 0 Å². The summed E-state index contributed by atoms with van der Waals surface area (Å²) >= 11 is 5.63. The fraction of sp³-hybridized carbons (Fsp3) is 0.286. The molecular formula is C7H10Cl2N2. The van der Waals surface area contributed by atoms with Crippen LogP contribution in [0.25, 0.3) is 0 Å². The molecule has 0 spiro atoms. The zero-order chi connectivity index (χ0) is 7.40. The second-order valence-electron chi connectivity index (χ2n) is 2.00. The molecule has 0 radical (unpaired) electrons. The predicted molar refractivity (Wildman–Crippen MR) is 49.3 cm³/mol. The number of halogens is 2. The third-order valence-electron chi connectivity index (χ3n) is 1.15. The van der Waals surface area contributed by atoms with Gasteiger partial charge in [-0.3, -0.25) is 4.98 Å². The zero-order valence-corrected chi connectivity index (χ0v) is 7.75. The molecule has 62 valence electrons. The SMILES string of the molecule is CNCc1ccc(Cl)cn1.Cl. The van der Waals surface area contributed by atoms with Crippen LogP contribution in [0.4, 0.5) is 0 Å². The minimum atomic E-state index is 0. The Balaban J connectivity index is 0.000001000. The summed E-state index contributed by atoms with van der Waals surface area (Å²) in [5.41, 5.74) is 1.01. The molecule has 1 heterocycles. The molecule has 0 unspecified atom stereocenters. The van der Waals surface area contributed by atoms with Gasteiger partial charge in [-0.2, -0.15) is 0 Å². The lowest BCUT2D eigenvalue weighted by molar-refractivity contribution is 0.791. The van der Waals surface area contributed by atoms with Crippen LogP contribution in [0.15, 0.2) is 18.3 Å². The molecule has 1 rings (SSSR count). The Kier molecular flexibility index (Phi) is 5.20. The van der Waals surface area contributed by atoms with Gasteiger partial charge in [-0.15, -0.1) is 12.4 Å². The van der Waals surface area contributed by atoms with Crippen molar-refractivity contribution < 1.29 is 0 Å². The molecular weight excluding hydrogens is 183 g/mol. The molecule has 0 aliphatic heterocycles. The van der Waals surface area contributed by atoms with Crippen LogP contribution in [0.3, 0.4) is 0 Å². The van der Waals surface area contributed by atoms with E-state index in [9.17, 15) is 0 Å². The largest absolute Gasteiger partial charge is 0.314 e. The van der Waals surface area contributed by atoms with Crippen LogP contribution in [0.1, 0.15) is 5.69 Å². The molecule has 0 aromatic carbocycles. The molecule has 1 aromatic rings. The Morgan fingerprint density at radius 3 is 2.73 bits per heavy atom. The van der Waals surface area contributed by atoms with E-state index in [0.717, 1.165) is 12.2 Å². The number of pyridine rings is 1. The minimum absolute atomic E-state index is 0. The summed E-state index contributed by atoms with van der Waals surface area (Å²) in [5, 5.41) is 3.68. The normalized spacial score (nSPS) is 8.91. The van der Waals surface area contributed by atoms with E-state index in [2.05, 4.69) is 10.3 Å². The van der Waals surface area contributed by atoms with Gasteiger partial charge in [0, 0.05) is 12.7 Å². The Morgan fingerprint density at radius 2 is 2.27 bits per heavy atom. The van der Waals surface area contributed by atoms with Gasteiger partial charge >= 0.3 is 0 Å². The number of aromatic nitrogens is 1. The molecule has 0 aliphatic rings. The van der Waals surface area contributed by atoms with Gasteiger partial charge < -0.3 is 5.32 Å². The summed E-state index contributed by atoms with van der Waals surface area (Å²) in [6.45, 7) is 0.789. The highest BCUT2D eigenvalue weighted by Gasteiger charge is 1.90. The molecule has 4 heteroatoms. The second kappa shape index (κ2) is 5.35. The Labute approximate surface area is 77.4 Å². The smallest absolute Gasteiger partial charge is 0.0589 e. The Morgan fingerprint density at radius 1 is 1.55 bits per heavy atom. The molecule has 11 heavy (non-hydrogen) atoms. The maximum Gasteiger partial charge on any atom is 0.0589 e. The zero-order valence-electron chi connectivity index (χ0n) is 6.17. The first-order valence-corrected chi connectivity index (χ1v) is 3.46. The molecule has 1 aromatic heterocycles. The summed E-state index contributed by atoms with van der Waals surface area (Å²) in [5.74, 6) is 0. The van der Waals surface area contributed by atoms with Crippen molar-refractivity contribution >= 4 is 24.0 Å². The van der Waals surface area contributed by atoms with Crippen molar-refractivity contribution in [2.75, 3.05) is 7.05 Å². The molecule has 0 amide bonds. The summed E-state index contributed by atoms with van der Waals surface area (Å²) in [4.78, 5) is 4.07. The first kappa shape index (κ1) is 10.7. The van der Waals surface area contributed by atoms with E-state index >= 15 is 0 Å². The van der Waals surface area contributed by atoms with E-state index < -0.39 is 0 Å². The van der Waals surface area contributed by atoms with Gasteiger partial charge in [0.25, 0.3) is 0 Å². The van der Waals surface area contributed by atoms with Crippen LogP contribution in [0, 0.1) is 0 Å². The minimum Gasteiger partial charge on any atom is -0.314 e. The molecule has 2 nitrogen and oxygen atoms in total. The van der Waals surface area contributed by atoms with E-state index in [-0.39, 0.29) is 12.4 Å². The van der Waals surface area contributed by atoms with Crippen LogP contribution < -0.4 is 5.32 Å². The van der Waals surface area contributed by atoms with Gasteiger partial charge in [0.2, 0.25) is 0 Å². The molecule has 1 N–H and O–H groups in total. The first-order valence-electron chi connectivity index (χ1n) is 3.08. The van der Waals surface area contributed by atoms with Crippen molar-refractivity contribution in [3.63, 3.8) is 0 Å². The van der Waals surface area contributed by atoms with Crippen LogP contribution in [-0.4, -0.2) is 12.0 Å². The lowest BCUT2D eigenvalue weighted by Crippen LogP contribution is -2.06. The van der Waals surface area contributed by atoms with Crippen LogP contribution in [0.2, 0.25) is 5.02 Å². The molecule has 0 atom stereocenters. The topological polar surface area (TPSA) is 24.9 Å². The Bertz CT molecular complexity index is 198. The van der Waals surface area contributed by atoms with Crippen molar-refractivity contribution in [1.29, 1.82) is 0 Å². The lowest BCUT2D eigenvalue weighted by atomic mass is 10.3. The highest BCUT2D eigenvalue weighted by Crippen LogP contribution is 2.05. The summed E-state index contributed by atoms with van der Waals surface area (Å²) < 4.78 is 0. The van der Waals surface area contributed by atoms with E-state index in [1.807, 2.05) is 19.2 Å². The average Bonchev–Trinajstić information content (AvgIpc) is 1.95. The summed E-state index contributed by atoms with van der Waals surface area (Å²) in [6.07, 6.45) is 1.65. The summed E-state index contributed by atoms with van der Waals surface area (Å²) in [7, 11) is 1.89. The third-order valence-corrected chi connectivity index (χ3v) is 1.37. The molecule has 0 aliphatic carbocycles. The first-order chi connectivity index (χ1) is 4.83. The number of nitrogens with one attached hydrogen (secondary N) is 1.